The average molecular weight is 336 g/mol. The number of carbonyl (C=O) groups excluding carboxylic acids is 2. The molecule has 2 aromatic carbocycles. The van der Waals surface area contributed by atoms with Crippen LogP contribution in [0.4, 0.5) is 14.5 Å². The maximum Gasteiger partial charge on any atom is 0.301 e. The lowest BCUT2D eigenvalue weighted by Gasteiger charge is -2.15. The molecule has 23 heavy (non-hydrogen) atoms. The van der Waals surface area contributed by atoms with E-state index in [1.165, 1.54) is 24.3 Å². The molecule has 0 spiro atoms. The Morgan fingerprint density at radius 2 is 1.61 bits per heavy atom. The van der Waals surface area contributed by atoms with Gasteiger partial charge in [0.1, 0.15) is 11.6 Å². The minimum absolute atomic E-state index is 0.240. The van der Waals surface area contributed by atoms with Crippen LogP contribution in [0.3, 0.4) is 0 Å². The van der Waals surface area contributed by atoms with Gasteiger partial charge < -0.3 is 5.11 Å². The molecule has 0 saturated heterocycles. The predicted molar refractivity (Wildman–Crippen MR) is 79.9 cm³/mol. The topological polar surface area (TPSA) is 57.6 Å². The van der Waals surface area contributed by atoms with Gasteiger partial charge in [-0.1, -0.05) is 23.7 Å². The maximum absolute atomic E-state index is 13.8. The van der Waals surface area contributed by atoms with Crippen molar-refractivity contribution >= 4 is 34.7 Å². The zero-order chi connectivity index (χ0) is 16.7. The van der Waals surface area contributed by atoms with Gasteiger partial charge in [-0.05, 0) is 29.8 Å². The number of anilines is 1. The minimum Gasteiger partial charge on any atom is -0.502 e. The van der Waals surface area contributed by atoms with E-state index >= 15 is 0 Å². The smallest absolute Gasteiger partial charge is 0.301 e. The van der Waals surface area contributed by atoms with Gasteiger partial charge in [-0.15, -0.1) is 0 Å². The van der Waals surface area contributed by atoms with Crippen LogP contribution in [0.15, 0.2) is 48.2 Å². The Morgan fingerprint density at radius 1 is 0.957 bits per heavy atom. The van der Waals surface area contributed by atoms with E-state index in [0.29, 0.717) is 16.0 Å². The lowest BCUT2D eigenvalue weighted by Crippen LogP contribution is -2.32. The zero-order valence-electron chi connectivity index (χ0n) is 11.4. The molecule has 0 radical (unpaired) electrons. The van der Waals surface area contributed by atoms with Crippen LogP contribution >= 0.6 is 11.6 Å². The standard InChI is InChI=1S/C16H8ClF2NO3/c17-9-3-1-8(2-4-9)13-14(21)16(23)20(15(13)22)12-7-10(18)5-6-11(12)19/h1-7,21H. The maximum atomic E-state index is 13.8. The highest BCUT2D eigenvalue weighted by atomic mass is 35.5. The molecule has 0 aromatic heterocycles. The summed E-state index contributed by atoms with van der Waals surface area (Å²) < 4.78 is 27.2. The summed E-state index contributed by atoms with van der Waals surface area (Å²) in [5.41, 5.74) is -0.615. The minimum atomic E-state index is -1.12. The molecule has 1 aliphatic heterocycles. The first kappa shape index (κ1) is 15.2. The number of benzene rings is 2. The van der Waals surface area contributed by atoms with Gasteiger partial charge in [-0.3, -0.25) is 9.59 Å². The van der Waals surface area contributed by atoms with Gasteiger partial charge in [-0.25, -0.2) is 13.7 Å². The van der Waals surface area contributed by atoms with E-state index < -0.39 is 34.9 Å². The number of carbonyl (C=O) groups is 2. The largest absolute Gasteiger partial charge is 0.502 e. The first-order valence-electron chi connectivity index (χ1n) is 6.43. The average Bonchev–Trinajstić information content (AvgIpc) is 2.73. The molecule has 2 amide bonds. The third-order valence-corrected chi connectivity index (χ3v) is 3.59. The van der Waals surface area contributed by atoms with Crippen LogP contribution in [0.5, 0.6) is 0 Å². The third kappa shape index (κ3) is 2.47. The van der Waals surface area contributed by atoms with Crippen LogP contribution in [-0.2, 0) is 9.59 Å². The predicted octanol–water partition coefficient (Wildman–Crippen LogP) is 3.46. The number of hydrogen-bond acceptors (Lipinski definition) is 3. The molecule has 7 heteroatoms. The second-order valence-corrected chi connectivity index (χ2v) is 5.21. The first-order valence-corrected chi connectivity index (χ1v) is 6.81. The van der Waals surface area contributed by atoms with E-state index in [9.17, 15) is 23.5 Å². The number of imide groups is 1. The van der Waals surface area contributed by atoms with Crippen LogP contribution < -0.4 is 4.90 Å². The van der Waals surface area contributed by atoms with Gasteiger partial charge in [0, 0.05) is 11.1 Å². The van der Waals surface area contributed by atoms with E-state index in [1.54, 1.807) is 0 Å². The number of halogens is 3. The fourth-order valence-electron chi connectivity index (χ4n) is 2.27. The van der Waals surface area contributed by atoms with Crippen molar-refractivity contribution in [1.29, 1.82) is 0 Å². The van der Waals surface area contributed by atoms with E-state index in [1.807, 2.05) is 0 Å². The highest BCUT2D eigenvalue weighted by Gasteiger charge is 2.41. The Kier molecular flexibility index (Phi) is 3.61. The van der Waals surface area contributed by atoms with E-state index in [4.69, 9.17) is 11.6 Å². The summed E-state index contributed by atoms with van der Waals surface area (Å²) in [4.78, 5) is 25.0. The quantitative estimate of drug-likeness (QED) is 0.855. The summed E-state index contributed by atoms with van der Waals surface area (Å²) in [5, 5.41) is 10.4. The Balaban J connectivity index is 2.09. The Bertz CT molecular complexity index is 862. The highest BCUT2D eigenvalue weighted by Crippen LogP contribution is 2.33. The zero-order valence-corrected chi connectivity index (χ0v) is 12.1. The second kappa shape index (κ2) is 5.48. The Morgan fingerprint density at radius 3 is 2.26 bits per heavy atom. The Labute approximate surface area is 134 Å². The Hall–Kier alpha value is -2.73. The molecule has 0 atom stereocenters. The van der Waals surface area contributed by atoms with Crippen molar-refractivity contribution in [3.63, 3.8) is 0 Å². The van der Waals surface area contributed by atoms with Crippen LogP contribution in [0.1, 0.15) is 5.56 Å². The summed E-state index contributed by atoms with van der Waals surface area (Å²) in [6.45, 7) is 0. The van der Waals surface area contributed by atoms with Gasteiger partial charge in [0.15, 0.2) is 5.76 Å². The number of aliphatic hydroxyl groups is 1. The summed E-state index contributed by atoms with van der Waals surface area (Å²) in [6.07, 6.45) is 0. The molecule has 116 valence electrons. The molecular weight excluding hydrogens is 328 g/mol. The van der Waals surface area contributed by atoms with Crippen molar-refractivity contribution in [3.05, 3.63) is 70.4 Å². The monoisotopic (exact) mass is 335 g/mol. The SMILES string of the molecule is O=C1C(O)=C(c2ccc(Cl)cc2)C(=O)N1c1cc(F)ccc1F. The first-order chi connectivity index (χ1) is 10.9. The van der Waals surface area contributed by atoms with Crippen LogP contribution in [0.25, 0.3) is 5.57 Å². The summed E-state index contributed by atoms with van der Waals surface area (Å²) in [7, 11) is 0. The molecule has 2 aromatic rings. The highest BCUT2D eigenvalue weighted by molar-refractivity contribution is 6.45. The molecule has 0 saturated carbocycles. The summed E-state index contributed by atoms with van der Waals surface area (Å²) >= 11 is 5.75. The molecule has 0 bridgehead atoms. The number of hydrogen-bond donors (Lipinski definition) is 1. The van der Waals surface area contributed by atoms with Gasteiger partial charge in [0.25, 0.3) is 5.91 Å². The van der Waals surface area contributed by atoms with E-state index in [0.717, 1.165) is 12.1 Å². The van der Waals surface area contributed by atoms with Crippen molar-refractivity contribution < 1.29 is 23.5 Å². The van der Waals surface area contributed by atoms with Crippen LogP contribution in [0.2, 0.25) is 5.02 Å². The molecule has 3 rings (SSSR count). The lowest BCUT2D eigenvalue weighted by molar-refractivity contribution is -0.121. The molecular formula is C16H8ClF2NO3. The summed E-state index contributed by atoms with van der Waals surface area (Å²) in [5.74, 6) is -4.68. The normalized spacial score (nSPS) is 14.8. The van der Waals surface area contributed by atoms with Gasteiger partial charge >= 0.3 is 5.91 Å². The van der Waals surface area contributed by atoms with Gasteiger partial charge in [0.2, 0.25) is 0 Å². The summed E-state index contributed by atoms with van der Waals surface area (Å²) in [6, 6.07) is 8.18. The number of aliphatic hydroxyl groups excluding tert-OH is 1. The molecule has 1 heterocycles. The van der Waals surface area contributed by atoms with Crippen molar-refractivity contribution in [3.8, 4) is 0 Å². The van der Waals surface area contributed by atoms with Crippen molar-refractivity contribution in [2.24, 2.45) is 0 Å². The van der Waals surface area contributed by atoms with Crippen LogP contribution in [0, 0.1) is 11.6 Å². The van der Waals surface area contributed by atoms with Crippen molar-refractivity contribution in [1.82, 2.24) is 0 Å². The van der Waals surface area contributed by atoms with Gasteiger partial charge in [0.05, 0.1) is 11.3 Å². The molecule has 0 unspecified atom stereocenters. The molecule has 1 aliphatic rings. The molecule has 0 fully saturated rings. The van der Waals surface area contributed by atoms with E-state index in [2.05, 4.69) is 0 Å². The fourth-order valence-corrected chi connectivity index (χ4v) is 2.40. The number of nitrogens with zero attached hydrogens (tertiary/aromatic N) is 1. The van der Waals surface area contributed by atoms with Crippen molar-refractivity contribution in [2.45, 2.75) is 0 Å². The van der Waals surface area contributed by atoms with Gasteiger partial charge in [-0.2, -0.15) is 0 Å². The molecule has 4 nitrogen and oxygen atoms in total. The van der Waals surface area contributed by atoms with Crippen molar-refractivity contribution in [2.75, 3.05) is 4.90 Å². The van der Waals surface area contributed by atoms with Crippen LogP contribution in [-0.4, -0.2) is 16.9 Å². The lowest BCUT2D eigenvalue weighted by atomic mass is 10.1. The molecule has 1 N–H and O–H groups in total. The molecule has 0 aliphatic carbocycles. The third-order valence-electron chi connectivity index (χ3n) is 3.34. The fraction of sp³-hybridized carbons (Fsp3) is 0. The van der Waals surface area contributed by atoms with E-state index in [-0.39, 0.29) is 11.1 Å². The second-order valence-electron chi connectivity index (χ2n) is 4.77. The number of amides is 2. The number of rotatable bonds is 2.